The third-order valence-corrected chi connectivity index (χ3v) is 4.84. The molecule has 0 radical (unpaired) electrons. The Labute approximate surface area is 123 Å². The smallest absolute Gasteiger partial charge is 0.0423 e. The topological polar surface area (TPSA) is 0 Å². The molecule has 2 atom stereocenters. The van der Waals surface area contributed by atoms with Crippen molar-refractivity contribution in [2.75, 3.05) is 0 Å². The fourth-order valence-corrected chi connectivity index (χ4v) is 3.57. The SMILES string of the molecule is C/C=C\C(C)(SC(/C=C\CC)=C/C)C1C=CC=CC1. The molecule has 0 bridgehead atoms. The lowest BCUT2D eigenvalue weighted by Crippen LogP contribution is -2.28. The molecule has 0 saturated carbocycles. The molecule has 104 valence electrons. The lowest BCUT2D eigenvalue weighted by atomic mass is 9.87. The maximum atomic E-state index is 2.34. The minimum absolute atomic E-state index is 0.121. The van der Waals surface area contributed by atoms with Crippen LogP contribution in [-0.2, 0) is 0 Å². The van der Waals surface area contributed by atoms with E-state index in [9.17, 15) is 0 Å². The van der Waals surface area contributed by atoms with E-state index in [0.29, 0.717) is 5.92 Å². The van der Waals surface area contributed by atoms with Gasteiger partial charge in [-0.1, -0.05) is 61.6 Å². The normalized spacial score (nSPS) is 23.4. The van der Waals surface area contributed by atoms with Crippen LogP contribution < -0.4 is 0 Å². The summed E-state index contributed by atoms with van der Waals surface area (Å²) in [4.78, 5) is 1.35. The van der Waals surface area contributed by atoms with Gasteiger partial charge in [0.15, 0.2) is 0 Å². The van der Waals surface area contributed by atoms with Crippen LogP contribution in [0.15, 0.2) is 59.6 Å². The predicted molar refractivity (Wildman–Crippen MR) is 90.4 cm³/mol. The van der Waals surface area contributed by atoms with E-state index in [1.165, 1.54) is 4.91 Å². The Balaban J connectivity index is 2.90. The van der Waals surface area contributed by atoms with Crippen molar-refractivity contribution in [1.29, 1.82) is 0 Å². The Morgan fingerprint density at radius 1 is 1.37 bits per heavy atom. The van der Waals surface area contributed by atoms with Gasteiger partial charge in [-0.05, 0) is 39.5 Å². The molecular weight excluding hydrogens is 248 g/mol. The van der Waals surface area contributed by atoms with Gasteiger partial charge in [0, 0.05) is 9.65 Å². The average molecular weight is 274 g/mol. The van der Waals surface area contributed by atoms with Crippen molar-refractivity contribution >= 4 is 11.8 Å². The molecule has 1 rings (SSSR count). The molecule has 0 aliphatic heterocycles. The van der Waals surface area contributed by atoms with Gasteiger partial charge in [-0.2, -0.15) is 0 Å². The molecule has 0 fully saturated rings. The van der Waals surface area contributed by atoms with E-state index in [2.05, 4.69) is 82.4 Å². The van der Waals surface area contributed by atoms with E-state index >= 15 is 0 Å². The molecule has 0 amide bonds. The third-order valence-electron chi connectivity index (χ3n) is 3.35. The van der Waals surface area contributed by atoms with Crippen molar-refractivity contribution in [2.45, 2.75) is 45.3 Å². The lowest BCUT2D eigenvalue weighted by Gasteiger charge is -2.33. The molecule has 0 aromatic carbocycles. The molecule has 2 unspecified atom stereocenters. The van der Waals surface area contributed by atoms with E-state index in [0.717, 1.165) is 12.8 Å². The molecule has 0 spiro atoms. The number of allylic oxidation sites excluding steroid dienone is 8. The van der Waals surface area contributed by atoms with E-state index in [4.69, 9.17) is 0 Å². The zero-order valence-electron chi connectivity index (χ0n) is 12.6. The highest BCUT2D eigenvalue weighted by molar-refractivity contribution is 8.04. The fourth-order valence-electron chi connectivity index (χ4n) is 2.25. The zero-order chi connectivity index (χ0) is 14.1. The average Bonchev–Trinajstić information content (AvgIpc) is 2.44. The van der Waals surface area contributed by atoms with Crippen molar-refractivity contribution in [2.24, 2.45) is 5.92 Å². The largest absolute Gasteiger partial charge is 0.115 e. The summed E-state index contributed by atoms with van der Waals surface area (Å²) in [6.45, 7) is 8.75. The Hall–Kier alpha value is -0.950. The van der Waals surface area contributed by atoms with Crippen molar-refractivity contribution in [3.05, 3.63) is 59.6 Å². The molecule has 0 aromatic rings. The van der Waals surface area contributed by atoms with Crippen LogP contribution in [-0.4, -0.2) is 4.75 Å². The van der Waals surface area contributed by atoms with Crippen molar-refractivity contribution in [3.63, 3.8) is 0 Å². The summed E-state index contributed by atoms with van der Waals surface area (Å²) in [6.07, 6.45) is 22.3. The minimum atomic E-state index is 0.121. The first-order valence-corrected chi connectivity index (χ1v) is 7.97. The van der Waals surface area contributed by atoms with Gasteiger partial charge in [-0.25, -0.2) is 0 Å². The van der Waals surface area contributed by atoms with Gasteiger partial charge in [0.1, 0.15) is 0 Å². The van der Waals surface area contributed by atoms with Crippen LogP contribution in [0.2, 0.25) is 0 Å². The number of rotatable bonds is 6. The van der Waals surface area contributed by atoms with E-state index < -0.39 is 0 Å². The van der Waals surface area contributed by atoms with Crippen LogP contribution in [0.25, 0.3) is 0 Å². The first-order chi connectivity index (χ1) is 9.16. The summed E-state index contributed by atoms with van der Waals surface area (Å²) < 4.78 is 0.121. The van der Waals surface area contributed by atoms with E-state index in [1.54, 1.807) is 0 Å². The first-order valence-electron chi connectivity index (χ1n) is 7.15. The number of thioether (sulfide) groups is 1. The molecule has 19 heavy (non-hydrogen) atoms. The molecule has 0 nitrogen and oxygen atoms in total. The maximum absolute atomic E-state index is 2.34. The molecular formula is C18H26S. The molecule has 1 aliphatic carbocycles. The number of hydrogen-bond acceptors (Lipinski definition) is 1. The lowest BCUT2D eigenvalue weighted by molar-refractivity contribution is 0.558. The molecule has 0 heterocycles. The number of hydrogen-bond donors (Lipinski definition) is 0. The van der Waals surface area contributed by atoms with E-state index in [-0.39, 0.29) is 4.75 Å². The van der Waals surface area contributed by atoms with Crippen molar-refractivity contribution < 1.29 is 0 Å². The molecule has 0 N–H and O–H groups in total. The second-order valence-electron chi connectivity index (χ2n) is 4.94. The first kappa shape index (κ1) is 16.1. The maximum Gasteiger partial charge on any atom is 0.0423 e. The van der Waals surface area contributed by atoms with Gasteiger partial charge in [-0.3, -0.25) is 0 Å². The van der Waals surface area contributed by atoms with Crippen LogP contribution in [0.1, 0.15) is 40.5 Å². The summed E-state index contributed by atoms with van der Waals surface area (Å²) in [5.74, 6) is 0.559. The van der Waals surface area contributed by atoms with Gasteiger partial charge in [0.25, 0.3) is 0 Å². The standard InChI is InChI=1S/C18H26S/c1-5-8-14-17(7-3)19-18(4,15-6-2)16-12-10-9-11-13-16/h6-12,14-16H,5,13H2,1-4H3/b14-8-,15-6-,17-7+. The quantitative estimate of drug-likeness (QED) is 0.419. The van der Waals surface area contributed by atoms with Crippen LogP contribution in [0, 0.1) is 5.92 Å². The van der Waals surface area contributed by atoms with Gasteiger partial charge in [0.2, 0.25) is 0 Å². The Morgan fingerprint density at radius 2 is 2.16 bits per heavy atom. The van der Waals surface area contributed by atoms with Crippen molar-refractivity contribution in [3.8, 4) is 0 Å². The Kier molecular flexibility index (Phi) is 7.01. The van der Waals surface area contributed by atoms with Crippen LogP contribution in [0.3, 0.4) is 0 Å². The van der Waals surface area contributed by atoms with Crippen LogP contribution in [0.4, 0.5) is 0 Å². The third kappa shape index (κ3) is 4.91. The second kappa shape index (κ2) is 8.27. The van der Waals surface area contributed by atoms with Gasteiger partial charge in [0.05, 0.1) is 0 Å². The highest BCUT2D eigenvalue weighted by atomic mass is 32.2. The minimum Gasteiger partial charge on any atom is -0.115 e. The molecule has 0 saturated heterocycles. The van der Waals surface area contributed by atoms with Gasteiger partial charge >= 0.3 is 0 Å². The summed E-state index contributed by atoms with van der Waals surface area (Å²) in [6, 6.07) is 0. The highest BCUT2D eigenvalue weighted by Crippen LogP contribution is 2.43. The highest BCUT2D eigenvalue weighted by Gasteiger charge is 2.31. The van der Waals surface area contributed by atoms with Crippen LogP contribution >= 0.6 is 11.8 Å². The summed E-state index contributed by atoms with van der Waals surface area (Å²) >= 11 is 1.97. The zero-order valence-corrected chi connectivity index (χ0v) is 13.4. The van der Waals surface area contributed by atoms with E-state index in [1.807, 2.05) is 11.8 Å². The fraction of sp³-hybridized carbons (Fsp3) is 0.444. The second-order valence-corrected chi connectivity index (χ2v) is 6.50. The summed E-state index contributed by atoms with van der Waals surface area (Å²) in [7, 11) is 0. The molecule has 0 aromatic heterocycles. The molecule has 1 heteroatoms. The Bertz CT molecular complexity index is 409. The van der Waals surface area contributed by atoms with Crippen LogP contribution in [0.5, 0.6) is 0 Å². The monoisotopic (exact) mass is 274 g/mol. The predicted octanol–water partition coefficient (Wildman–Crippen LogP) is 6.06. The van der Waals surface area contributed by atoms with Crippen molar-refractivity contribution in [1.82, 2.24) is 0 Å². The van der Waals surface area contributed by atoms with Gasteiger partial charge in [-0.15, -0.1) is 11.8 Å². The summed E-state index contributed by atoms with van der Waals surface area (Å²) in [5, 5.41) is 0. The summed E-state index contributed by atoms with van der Waals surface area (Å²) in [5.41, 5.74) is 0. The Morgan fingerprint density at radius 3 is 2.68 bits per heavy atom. The van der Waals surface area contributed by atoms with Gasteiger partial charge < -0.3 is 0 Å². The molecule has 1 aliphatic rings.